The van der Waals surface area contributed by atoms with Crippen molar-refractivity contribution in [3.63, 3.8) is 0 Å². The maximum Gasteiger partial charge on any atom is 0.238 e. The standard InChI is InChI=1S/C9H19N3O/c1-11(2)9(8(10)13)4-6-12(3)7-5-9/h4-7H2,1-3H3,(H2,10,13). The van der Waals surface area contributed by atoms with Crippen LogP contribution in [0.3, 0.4) is 0 Å². The van der Waals surface area contributed by atoms with Gasteiger partial charge in [-0.2, -0.15) is 0 Å². The Morgan fingerprint density at radius 1 is 1.38 bits per heavy atom. The van der Waals surface area contributed by atoms with E-state index in [1.54, 1.807) is 0 Å². The van der Waals surface area contributed by atoms with E-state index in [1.807, 2.05) is 19.0 Å². The Hall–Kier alpha value is -0.610. The molecule has 0 aliphatic carbocycles. The molecule has 4 heteroatoms. The summed E-state index contributed by atoms with van der Waals surface area (Å²) in [6, 6.07) is 0. The lowest BCUT2D eigenvalue weighted by molar-refractivity contribution is -0.131. The van der Waals surface area contributed by atoms with Crippen molar-refractivity contribution in [1.82, 2.24) is 9.80 Å². The molecule has 13 heavy (non-hydrogen) atoms. The topological polar surface area (TPSA) is 49.6 Å². The SMILES string of the molecule is CN1CCC(C(N)=O)(N(C)C)CC1. The van der Waals surface area contributed by atoms with Crippen LogP contribution in [0.15, 0.2) is 0 Å². The third kappa shape index (κ3) is 1.84. The van der Waals surface area contributed by atoms with Crippen molar-refractivity contribution in [2.24, 2.45) is 5.73 Å². The number of likely N-dealkylation sites (tertiary alicyclic amines) is 1. The summed E-state index contributed by atoms with van der Waals surface area (Å²) in [4.78, 5) is 15.6. The van der Waals surface area contributed by atoms with Crippen LogP contribution in [0.2, 0.25) is 0 Å². The Balaban J connectivity index is 2.75. The van der Waals surface area contributed by atoms with Crippen LogP contribution in [0.4, 0.5) is 0 Å². The largest absolute Gasteiger partial charge is 0.368 e. The van der Waals surface area contributed by atoms with Crippen LogP contribution in [0.1, 0.15) is 12.8 Å². The van der Waals surface area contributed by atoms with Gasteiger partial charge in [0.05, 0.1) is 0 Å². The number of amides is 1. The molecular weight excluding hydrogens is 166 g/mol. The van der Waals surface area contributed by atoms with Crippen molar-refractivity contribution >= 4 is 5.91 Å². The minimum atomic E-state index is -0.410. The number of carbonyl (C=O) groups is 1. The smallest absolute Gasteiger partial charge is 0.238 e. The Kier molecular flexibility index (Phi) is 2.93. The molecule has 1 aliphatic rings. The number of hydrogen-bond donors (Lipinski definition) is 1. The van der Waals surface area contributed by atoms with Gasteiger partial charge in [-0.05, 0) is 34.0 Å². The predicted octanol–water partition coefficient (Wildman–Crippen LogP) is -0.502. The first-order valence-corrected chi connectivity index (χ1v) is 4.65. The van der Waals surface area contributed by atoms with Gasteiger partial charge in [-0.25, -0.2) is 0 Å². The normalized spacial score (nSPS) is 23.4. The first kappa shape index (κ1) is 10.5. The van der Waals surface area contributed by atoms with Crippen molar-refractivity contribution in [2.75, 3.05) is 34.2 Å². The molecule has 1 amide bonds. The van der Waals surface area contributed by atoms with Crippen molar-refractivity contribution in [1.29, 1.82) is 0 Å². The molecule has 1 aliphatic heterocycles. The number of nitrogens with zero attached hydrogens (tertiary/aromatic N) is 2. The van der Waals surface area contributed by atoms with Crippen LogP contribution in [0, 0.1) is 0 Å². The minimum absolute atomic E-state index is 0.189. The zero-order chi connectivity index (χ0) is 10.1. The first-order valence-electron chi connectivity index (χ1n) is 4.65. The maximum atomic E-state index is 11.4. The molecule has 0 atom stereocenters. The zero-order valence-corrected chi connectivity index (χ0v) is 8.71. The molecular formula is C9H19N3O. The van der Waals surface area contributed by atoms with E-state index in [9.17, 15) is 4.79 Å². The summed E-state index contributed by atoms with van der Waals surface area (Å²) < 4.78 is 0. The van der Waals surface area contributed by atoms with E-state index in [0.717, 1.165) is 25.9 Å². The maximum absolute atomic E-state index is 11.4. The summed E-state index contributed by atoms with van der Waals surface area (Å²) in [5.74, 6) is -0.189. The summed E-state index contributed by atoms with van der Waals surface area (Å²) in [5.41, 5.74) is 5.04. The Labute approximate surface area is 79.7 Å². The highest BCUT2D eigenvalue weighted by Gasteiger charge is 2.40. The van der Waals surface area contributed by atoms with E-state index in [4.69, 9.17) is 5.73 Å². The molecule has 0 aromatic carbocycles. The molecule has 4 nitrogen and oxygen atoms in total. The number of piperidine rings is 1. The predicted molar refractivity (Wildman–Crippen MR) is 52.3 cm³/mol. The number of nitrogens with two attached hydrogens (primary N) is 1. The minimum Gasteiger partial charge on any atom is -0.368 e. The van der Waals surface area contributed by atoms with E-state index >= 15 is 0 Å². The van der Waals surface area contributed by atoms with Crippen LogP contribution < -0.4 is 5.73 Å². The van der Waals surface area contributed by atoms with Gasteiger partial charge in [0.1, 0.15) is 5.54 Å². The summed E-state index contributed by atoms with van der Waals surface area (Å²) in [6.07, 6.45) is 1.68. The van der Waals surface area contributed by atoms with Gasteiger partial charge < -0.3 is 10.6 Å². The van der Waals surface area contributed by atoms with Crippen LogP contribution in [-0.4, -0.2) is 55.5 Å². The third-order valence-electron chi connectivity index (χ3n) is 3.13. The van der Waals surface area contributed by atoms with Gasteiger partial charge in [-0.15, -0.1) is 0 Å². The fourth-order valence-electron chi connectivity index (χ4n) is 1.90. The molecule has 1 heterocycles. The van der Waals surface area contributed by atoms with Crippen LogP contribution in [0.5, 0.6) is 0 Å². The second-order valence-corrected chi connectivity index (χ2v) is 4.09. The fourth-order valence-corrected chi connectivity index (χ4v) is 1.90. The quantitative estimate of drug-likeness (QED) is 0.631. The monoisotopic (exact) mass is 185 g/mol. The molecule has 1 saturated heterocycles. The van der Waals surface area contributed by atoms with Crippen LogP contribution in [-0.2, 0) is 4.79 Å². The molecule has 0 radical (unpaired) electrons. The summed E-state index contributed by atoms with van der Waals surface area (Å²) >= 11 is 0. The molecule has 0 unspecified atom stereocenters. The van der Waals surface area contributed by atoms with Gasteiger partial charge in [-0.3, -0.25) is 9.69 Å². The zero-order valence-electron chi connectivity index (χ0n) is 8.71. The fraction of sp³-hybridized carbons (Fsp3) is 0.889. The average molecular weight is 185 g/mol. The Bertz CT molecular complexity index is 195. The lowest BCUT2D eigenvalue weighted by Gasteiger charge is -2.42. The second-order valence-electron chi connectivity index (χ2n) is 4.09. The van der Waals surface area contributed by atoms with E-state index in [2.05, 4.69) is 11.9 Å². The van der Waals surface area contributed by atoms with Crippen molar-refractivity contribution in [3.05, 3.63) is 0 Å². The Morgan fingerprint density at radius 3 is 2.15 bits per heavy atom. The van der Waals surface area contributed by atoms with E-state index < -0.39 is 5.54 Å². The molecule has 2 N–H and O–H groups in total. The number of carbonyl (C=O) groups excluding carboxylic acids is 1. The van der Waals surface area contributed by atoms with Gasteiger partial charge in [0.2, 0.25) is 5.91 Å². The first-order chi connectivity index (χ1) is 5.99. The summed E-state index contributed by atoms with van der Waals surface area (Å²) in [6.45, 7) is 1.89. The van der Waals surface area contributed by atoms with Crippen LogP contribution >= 0.6 is 0 Å². The van der Waals surface area contributed by atoms with Gasteiger partial charge in [-0.1, -0.05) is 0 Å². The number of hydrogen-bond acceptors (Lipinski definition) is 3. The highest BCUT2D eigenvalue weighted by Crippen LogP contribution is 2.25. The Morgan fingerprint density at radius 2 is 1.85 bits per heavy atom. The molecule has 0 aromatic rings. The second kappa shape index (κ2) is 3.64. The van der Waals surface area contributed by atoms with E-state index in [-0.39, 0.29) is 5.91 Å². The molecule has 1 rings (SSSR count). The highest BCUT2D eigenvalue weighted by molar-refractivity contribution is 5.84. The van der Waals surface area contributed by atoms with Crippen LogP contribution in [0.25, 0.3) is 0 Å². The lowest BCUT2D eigenvalue weighted by atomic mass is 9.86. The summed E-state index contributed by atoms with van der Waals surface area (Å²) in [5, 5.41) is 0. The molecule has 0 aromatic heterocycles. The molecule has 1 fully saturated rings. The van der Waals surface area contributed by atoms with Gasteiger partial charge in [0, 0.05) is 13.1 Å². The van der Waals surface area contributed by atoms with E-state index in [1.165, 1.54) is 0 Å². The molecule has 0 saturated carbocycles. The number of primary amides is 1. The van der Waals surface area contributed by atoms with Gasteiger partial charge >= 0.3 is 0 Å². The van der Waals surface area contributed by atoms with Gasteiger partial charge in [0.25, 0.3) is 0 Å². The lowest BCUT2D eigenvalue weighted by Crippen LogP contribution is -2.59. The summed E-state index contributed by atoms with van der Waals surface area (Å²) in [7, 11) is 5.92. The third-order valence-corrected chi connectivity index (χ3v) is 3.13. The molecule has 0 bridgehead atoms. The molecule has 0 spiro atoms. The number of likely N-dealkylation sites (N-methyl/N-ethyl adjacent to an activating group) is 1. The van der Waals surface area contributed by atoms with Crippen molar-refractivity contribution in [2.45, 2.75) is 18.4 Å². The molecule has 76 valence electrons. The highest BCUT2D eigenvalue weighted by atomic mass is 16.1. The van der Waals surface area contributed by atoms with E-state index in [0.29, 0.717) is 0 Å². The number of rotatable bonds is 2. The van der Waals surface area contributed by atoms with Crippen molar-refractivity contribution in [3.8, 4) is 0 Å². The van der Waals surface area contributed by atoms with Crippen molar-refractivity contribution < 1.29 is 4.79 Å². The van der Waals surface area contributed by atoms with Gasteiger partial charge in [0.15, 0.2) is 0 Å². The average Bonchev–Trinajstić information content (AvgIpc) is 2.04.